The van der Waals surface area contributed by atoms with Crippen molar-refractivity contribution in [2.75, 3.05) is 17.7 Å². The van der Waals surface area contributed by atoms with Gasteiger partial charge in [-0.15, -0.1) is 0 Å². The number of anilines is 2. The highest BCUT2D eigenvalue weighted by Crippen LogP contribution is 2.29. The number of nitrogens with zero attached hydrogens (tertiary/aromatic N) is 4. The number of hydrazine groups is 1. The molecule has 0 bridgehead atoms. The summed E-state index contributed by atoms with van der Waals surface area (Å²) in [6.45, 7) is 6.39. The molecule has 1 aliphatic carbocycles. The topological polar surface area (TPSA) is 115 Å². The van der Waals surface area contributed by atoms with Crippen molar-refractivity contribution >= 4 is 29.6 Å². The largest absolute Gasteiger partial charge is 0.359 e. The van der Waals surface area contributed by atoms with E-state index in [1.165, 1.54) is 15.5 Å². The van der Waals surface area contributed by atoms with E-state index < -0.39 is 6.35 Å². The Balaban J connectivity index is 1.42. The molecular weight excluding hydrogens is 482 g/mol. The van der Waals surface area contributed by atoms with Gasteiger partial charge in [0.2, 0.25) is 6.35 Å². The highest BCUT2D eigenvalue weighted by Gasteiger charge is 2.33. The second kappa shape index (κ2) is 9.96. The number of allylic oxidation sites excluding steroid dienone is 1. The molecule has 1 atom stereocenters. The van der Waals surface area contributed by atoms with E-state index in [2.05, 4.69) is 55.0 Å². The van der Waals surface area contributed by atoms with Crippen molar-refractivity contribution in [3.63, 3.8) is 0 Å². The van der Waals surface area contributed by atoms with Crippen molar-refractivity contribution in [2.24, 2.45) is 0 Å². The van der Waals surface area contributed by atoms with Crippen LogP contribution in [0.15, 0.2) is 54.6 Å². The molecule has 1 aliphatic heterocycles. The first-order valence-electron chi connectivity index (χ1n) is 12.6. The average Bonchev–Trinajstić information content (AvgIpc) is 3.41. The molecule has 5 rings (SSSR count). The highest BCUT2D eigenvalue weighted by molar-refractivity contribution is 6.01. The van der Waals surface area contributed by atoms with E-state index in [1.807, 2.05) is 42.5 Å². The van der Waals surface area contributed by atoms with E-state index in [1.54, 1.807) is 11.7 Å². The Morgan fingerprint density at radius 3 is 2.68 bits per heavy atom. The van der Waals surface area contributed by atoms with Crippen molar-refractivity contribution in [1.82, 2.24) is 25.1 Å². The van der Waals surface area contributed by atoms with Crippen LogP contribution >= 0.6 is 0 Å². The number of nitrogens with one attached hydrogen (secondary N) is 3. The van der Waals surface area contributed by atoms with Crippen LogP contribution in [0.5, 0.6) is 0 Å². The molecule has 1 unspecified atom stereocenters. The van der Waals surface area contributed by atoms with Crippen LogP contribution in [0, 0.1) is 0 Å². The molecule has 38 heavy (non-hydrogen) atoms. The highest BCUT2D eigenvalue weighted by atomic mass is 16.3. The summed E-state index contributed by atoms with van der Waals surface area (Å²) in [5.41, 5.74) is 7.66. The predicted octanol–water partition coefficient (Wildman–Crippen LogP) is 4.42. The Morgan fingerprint density at radius 2 is 1.95 bits per heavy atom. The van der Waals surface area contributed by atoms with Crippen molar-refractivity contribution in [1.29, 1.82) is 0 Å². The quantitative estimate of drug-likeness (QED) is 0.402. The fourth-order valence-corrected chi connectivity index (χ4v) is 4.60. The Labute approximate surface area is 221 Å². The zero-order valence-electron chi connectivity index (χ0n) is 22.0. The first-order chi connectivity index (χ1) is 18.1. The second-order valence-electron chi connectivity index (χ2n) is 10.6. The van der Waals surface area contributed by atoms with Gasteiger partial charge in [-0.3, -0.25) is 15.6 Å². The van der Waals surface area contributed by atoms with Gasteiger partial charge >= 0.3 is 12.1 Å². The maximum absolute atomic E-state index is 13.1. The Bertz CT molecular complexity index is 1410. The van der Waals surface area contributed by atoms with Gasteiger partial charge in [-0.05, 0) is 42.2 Å². The van der Waals surface area contributed by atoms with Crippen LogP contribution in [0.2, 0.25) is 0 Å². The number of hydrogen-bond acceptors (Lipinski definition) is 5. The molecule has 10 nitrogen and oxygen atoms in total. The van der Waals surface area contributed by atoms with Gasteiger partial charge in [-0.1, -0.05) is 57.2 Å². The minimum absolute atomic E-state index is 0.203. The number of hydrogen-bond donors (Lipinski definition) is 4. The number of amides is 4. The maximum Gasteiger partial charge on any atom is 0.335 e. The van der Waals surface area contributed by atoms with Crippen LogP contribution in [0.3, 0.4) is 0 Å². The van der Waals surface area contributed by atoms with Gasteiger partial charge in [-0.25, -0.2) is 14.3 Å². The Morgan fingerprint density at radius 1 is 1.16 bits per heavy atom. The molecule has 1 fully saturated rings. The fraction of sp³-hybridized carbons (Fsp3) is 0.321. The molecular formula is C28H33N7O3. The lowest BCUT2D eigenvalue weighted by atomic mass is 9.92. The number of aromatic nitrogens is 2. The van der Waals surface area contributed by atoms with Crippen LogP contribution in [0.1, 0.15) is 49.6 Å². The van der Waals surface area contributed by atoms with Crippen LogP contribution in [-0.4, -0.2) is 50.3 Å². The van der Waals surface area contributed by atoms with Gasteiger partial charge in [0.05, 0.1) is 17.9 Å². The second-order valence-corrected chi connectivity index (χ2v) is 10.6. The van der Waals surface area contributed by atoms with Crippen molar-refractivity contribution in [3.05, 3.63) is 77.0 Å². The third-order valence-electron chi connectivity index (χ3n) is 6.69. The molecule has 10 heteroatoms. The van der Waals surface area contributed by atoms with E-state index >= 15 is 0 Å². The third-order valence-corrected chi connectivity index (χ3v) is 6.69. The van der Waals surface area contributed by atoms with Gasteiger partial charge in [0, 0.05) is 29.8 Å². The van der Waals surface area contributed by atoms with Crippen molar-refractivity contribution in [3.8, 4) is 5.69 Å². The summed E-state index contributed by atoms with van der Waals surface area (Å²) in [7, 11) is 1.60. The normalized spacial score (nSPS) is 17.3. The lowest BCUT2D eigenvalue weighted by molar-refractivity contribution is -0.0521. The van der Waals surface area contributed by atoms with Crippen LogP contribution in [0.4, 0.5) is 21.1 Å². The molecule has 2 aliphatic rings. The Kier molecular flexibility index (Phi) is 6.68. The van der Waals surface area contributed by atoms with Gasteiger partial charge in [0.25, 0.3) is 0 Å². The summed E-state index contributed by atoms with van der Waals surface area (Å²) in [6, 6.07) is 14.6. The first-order valence-corrected chi connectivity index (χ1v) is 12.6. The van der Waals surface area contributed by atoms with E-state index in [-0.39, 0.29) is 24.0 Å². The lowest BCUT2D eigenvalue weighted by Gasteiger charge is -2.21. The zero-order chi connectivity index (χ0) is 27.0. The number of fused-ring (bicyclic) bond motifs is 1. The summed E-state index contributed by atoms with van der Waals surface area (Å²) < 4.78 is 1.69. The standard InChI is InChI=1S/C28H33N7O3/c1-28(2,3)23-16-24(30-25(36)29-22-14-8-11-19-10-5-6-13-21(19)22)35(31-23)20-12-7-9-18(15-20)17-34-26(37)32-33(4)27(34)38/h6-9,11-16,27,38H,5,10,17H2,1-4H3,(H,32,37)(H2,29,30,36). The van der Waals surface area contributed by atoms with Gasteiger partial charge in [-0.2, -0.15) is 10.1 Å². The minimum Gasteiger partial charge on any atom is -0.359 e. The van der Waals surface area contributed by atoms with Gasteiger partial charge in [0.15, 0.2) is 0 Å². The molecule has 3 aromatic rings. The predicted molar refractivity (Wildman–Crippen MR) is 147 cm³/mol. The third kappa shape index (κ3) is 5.13. The number of aliphatic hydroxyl groups is 1. The number of aryl methyl sites for hydroxylation is 1. The van der Waals surface area contributed by atoms with E-state index in [9.17, 15) is 14.7 Å². The van der Waals surface area contributed by atoms with Gasteiger partial charge in [0.1, 0.15) is 5.82 Å². The van der Waals surface area contributed by atoms with Crippen LogP contribution in [0.25, 0.3) is 11.8 Å². The number of carbonyl (C=O) groups is 2. The number of aliphatic hydroxyl groups excluding tert-OH is 1. The molecule has 0 spiro atoms. The van der Waals surface area contributed by atoms with Crippen molar-refractivity contribution < 1.29 is 14.7 Å². The monoisotopic (exact) mass is 515 g/mol. The van der Waals surface area contributed by atoms with E-state index in [0.717, 1.165) is 41.0 Å². The van der Waals surface area contributed by atoms with E-state index in [0.29, 0.717) is 5.82 Å². The number of benzene rings is 2. The summed E-state index contributed by atoms with van der Waals surface area (Å²) in [5, 5.41) is 22.4. The first kappa shape index (κ1) is 25.5. The molecule has 0 saturated carbocycles. The maximum atomic E-state index is 13.1. The number of carbonyl (C=O) groups excluding carboxylic acids is 2. The molecule has 1 aromatic heterocycles. The molecule has 2 heterocycles. The van der Waals surface area contributed by atoms with Crippen LogP contribution in [-0.2, 0) is 18.4 Å². The summed E-state index contributed by atoms with van der Waals surface area (Å²) in [4.78, 5) is 26.7. The van der Waals surface area contributed by atoms with E-state index in [4.69, 9.17) is 5.10 Å². The zero-order valence-corrected chi connectivity index (χ0v) is 22.0. The smallest absolute Gasteiger partial charge is 0.335 e. The van der Waals surface area contributed by atoms with Crippen molar-refractivity contribution in [2.45, 2.75) is 51.9 Å². The summed E-state index contributed by atoms with van der Waals surface area (Å²) >= 11 is 0. The Hall–Kier alpha value is -4.15. The molecule has 1 saturated heterocycles. The summed E-state index contributed by atoms with van der Waals surface area (Å²) in [6.07, 6.45) is 5.05. The van der Waals surface area contributed by atoms with Gasteiger partial charge < -0.3 is 10.4 Å². The molecule has 0 radical (unpaired) electrons. The lowest BCUT2D eigenvalue weighted by Crippen LogP contribution is -2.37. The van der Waals surface area contributed by atoms with Crippen LogP contribution < -0.4 is 16.1 Å². The number of urea groups is 2. The fourth-order valence-electron chi connectivity index (χ4n) is 4.60. The molecule has 4 N–H and O–H groups in total. The SMILES string of the molecule is CN1NC(=O)N(Cc2cccc(-n3nc(C(C)(C)C)cc3NC(=O)Nc3cccc4c3C=CCC4)c2)C1O. The molecule has 198 valence electrons. The molecule has 2 aromatic carbocycles. The summed E-state index contributed by atoms with van der Waals surface area (Å²) in [5.74, 6) is 0.517. The minimum atomic E-state index is -1.07. The average molecular weight is 516 g/mol. The molecule has 4 amide bonds. The number of rotatable bonds is 5.